The van der Waals surface area contributed by atoms with Crippen molar-refractivity contribution in [2.24, 2.45) is 0 Å². The number of hydrogen-bond donors (Lipinski definition) is 1. The molecule has 1 aromatic rings. The van der Waals surface area contributed by atoms with Gasteiger partial charge in [0.15, 0.2) is 0 Å². The standard InChI is InChI=1S/C17H18N2O5/c1-10(9-14(20)18-8-4-7-13(18)17(23)24)19-15(21)11-5-2-3-6-12(11)16(19)22/h2-3,5-6,10,13H,4,7-9H2,1H3,(H,23,24)/t10?,13-/m1/s1. The van der Waals surface area contributed by atoms with Crippen molar-refractivity contribution >= 4 is 23.7 Å². The SMILES string of the molecule is CC(CC(=O)N1CCC[C@@H]1C(=O)O)N1C(=O)c2ccccc2C1=O. The van der Waals surface area contributed by atoms with Crippen molar-refractivity contribution in [1.29, 1.82) is 0 Å². The van der Waals surface area contributed by atoms with Crippen LogP contribution in [0.3, 0.4) is 0 Å². The molecule has 0 aliphatic carbocycles. The van der Waals surface area contributed by atoms with Gasteiger partial charge in [0.05, 0.1) is 11.1 Å². The predicted molar refractivity (Wildman–Crippen MR) is 83.4 cm³/mol. The summed E-state index contributed by atoms with van der Waals surface area (Å²) in [4.78, 5) is 50.9. The van der Waals surface area contributed by atoms with Gasteiger partial charge in [-0.25, -0.2) is 4.79 Å². The summed E-state index contributed by atoms with van der Waals surface area (Å²) in [6.45, 7) is 2.02. The van der Waals surface area contributed by atoms with E-state index < -0.39 is 29.9 Å². The molecule has 126 valence electrons. The van der Waals surface area contributed by atoms with Crippen LogP contribution in [0.15, 0.2) is 24.3 Å². The van der Waals surface area contributed by atoms with E-state index in [1.807, 2.05) is 0 Å². The third-order valence-corrected chi connectivity index (χ3v) is 4.59. The number of nitrogens with zero attached hydrogens (tertiary/aromatic N) is 2. The Morgan fingerprint density at radius 2 is 1.79 bits per heavy atom. The first-order chi connectivity index (χ1) is 11.4. The number of imide groups is 1. The maximum absolute atomic E-state index is 12.4. The molecule has 7 heteroatoms. The van der Waals surface area contributed by atoms with Crippen molar-refractivity contribution in [3.05, 3.63) is 35.4 Å². The zero-order chi connectivity index (χ0) is 17.4. The van der Waals surface area contributed by atoms with Crippen LogP contribution in [0.25, 0.3) is 0 Å². The molecule has 1 aromatic carbocycles. The lowest BCUT2D eigenvalue weighted by Crippen LogP contribution is -2.45. The Hall–Kier alpha value is -2.70. The van der Waals surface area contributed by atoms with Gasteiger partial charge in [0.1, 0.15) is 6.04 Å². The first kappa shape index (κ1) is 16.2. The predicted octanol–water partition coefficient (Wildman–Crippen LogP) is 1.14. The molecule has 1 N–H and O–H groups in total. The van der Waals surface area contributed by atoms with Crippen molar-refractivity contribution in [2.45, 2.75) is 38.3 Å². The van der Waals surface area contributed by atoms with Gasteiger partial charge in [0, 0.05) is 19.0 Å². The van der Waals surface area contributed by atoms with Crippen LogP contribution in [0.4, 0.5) is 0 Å². The van der Waals surface area contributed by atoms with Crippen LogP contribution < -0.4 is 0 Å². The van der Waals surface area contributed by atoms with Crippen molar-refractivity contribution in [1.82, 2.24) is 9.80 Å². The van der Waals surface area contributed by atoms with Crippen molar-refractivity contribution in [3.8, 4) is 0 Å². The van der Waals surface area contributed by atoms with Gasteiger partial charge in [0.2, 0.25) is 5.91 Å². The second-order valence-corrected chi connectivity index (χ2v) is 6.16. The topological polar surface area (TPSA) is 95.0 Å². The number of likely N-dealkylation sites (tertiary alicyclic amines) is 1. The van der Waals surface area contributed by atoms with Crippen LogP contribution in [0, 0.1) is 0 Å². The molecule has 0 saturated carbocycles. The highest BCUT2D eigenvalue weighted by molar-refractivity contribution is 6.21. The number of carboxylic acid groups (broad SMARTS) is 1. The van der Waals surface area contributed by atoms with E-state index in [-0.39, 0.29) is 12.3 Å². The summed E-state index contributed by atoms with van der Waals surface area (Å²) in [6.07, 6.45) is 1.00. The molecule has 1 fully saturated rings. The number of benzene rings is 1. The molecule has 1 unspecified atom stereocenters. The monoisotopic (exact) mass is 330 g/mol. The Bertz CT molecular complexity index is 694. The van der Waals surface area contributed by atoms with Crippen LogP contribution >= 0.6 is 0 Å². The number of fused-ring (bicyclic) bond motifs is 1. The van der Waals surface area contributed by atoms with Crippen molar-refractivity contribution in [3.63, 3.8) is 0 Å². The summed E-state index contributed by atoms with van der Waals surface area (Å²) >= 11 is 0. The number of hydrogen-bond acceptors (Lipinski definition) is 4. The molecule has 0 bridgehead atoms. The highest BCUT2D eigenvalue weighted by Crippen LogP contribution is 2.26. The maximum atomic E-state index is 12.4. The third-order valence-electron chi connectivity index (χ3n) is 4.59. The number of carbonyl (C=O) groups excluding carboxylic acids is 3. The summed E-state index contributed by atoms with van der Waals surface area (Å²) in [5.74, 6) is -2.18. The molecule has 3 rings (SSSR count). The fourth-order valence-corrected chi connectivity index (χ4v) is 3.39. The van der Waals surface area contributed by atoms with E-state index in [0.29, 0.717) is 30.5 Å². The van der Waals surface area contributed by atoms with E-state index in [1.54, 1.807) is 31.2 Å². The summed E-state index contributed by atoms with van der Waals surface area (Å²) in [5.41, 5.74) is 0.678. The lowest BCUT2D eigenvalue weighted by Gasteiger charge is -2.26. The van der Waals surface area contributed by atoms with Crippen LogP contribution in [-0.2, 0) is 9.59 Å². The Morgan fingerprint density at radius 3 is 2.33 bits per heavy atom. The molecule has 1 saturated heterocycles. The van der Waals surface area contributed by atoms with Gasteiger partial charge >= 0.3 is 5.97 Å². The maximum Gasteiger partial charge on any atom is 0.326 e. The lowest BCUT2D eigenvalue weighted by atomic mass is 10.1. The summed E-state index contributed by atoms with van der Waals surface area (Å²) in [6, 6.07) is 5.11. The molecule has 0 radical (unpaired) electrons. The average Bonchev–Trinajstić information content (AvgIpc) is 3.12. The third kappa shape index (κ3) is 2.55. The number of carbonyl (C=O) groups is 4. The smallest absolute Gasteiger partial charge is 0.326 e. The highest BCUT2D eigenvalue weighted by atomic mass is 16.4. The van der Waals surface area contributed by atoms with E-state index in [0.717, 1.165) is 4.90 Å². The van der Waals surface area contributed by atoms with Gasteiger partial charge in [0.25, 0.3) is 11.8 Å². The minimum Gasteiger partial charge on any atom is -0.480 e. The molecule has 24 heavy (non-hydrogen) atoms. The van der Waals surface area contributed by atoms with Crippen molar-refractivity contribution < 1.29 is 24.3 Å². The highest BCUT2D eigenvalue weighted by Gasteiger charge is 2.40. The Morgan fingerprint density at radius 1 is 1.21 bits per heavy atom. The quantitative estimate of drug-likeness (QED) is 0.835. The summed E-state index contributed by atoms with van der Waals surface area (Å²) < 4.78 is 0. The number of rotatable bonds is 4. The van der Waals surface area contributed by atoms with Gasteiger partial charge < -0.3 is 10.0 Å². The molecular formula is C17H18N2O5. The number of carboxylic acids is 1. The molecule has 7 nitrogen and oxygen atoms in total. The Kier molecular flexibility index (Phi) is 4.09. The number of amides is 3. The van der Waals surface area contributed by atoms with Gasteiger partial charge in [-0.15, -0.1) is 0 Å². The zero-order valence-electron chi connectivity index (χ0n) is 13.3. The second kappa shape index (κ2) is 6.07. The fraction of sp³-hybridized carbons (Fsp3) is 0.412. The Labute approximate surface area is 138 Å². The van der Waals surface area contributed by atoms with Crippen LogP contribution in [0.1, 0.15) is 46.9 Å². The van der Waals surface area contributed by atoms with Crippen LogP contribution in [0.2, 0.25) is 0 Å². The minimum absolute atomic E-state index is 0.0742. The first-order valence-electron chi connectivity index (χ1n) is 7.91. The zero-order valence-corrected chi connectivity index (χ0v) is 13.3. The van der Waals surface area contributed by atoms with Crippen LogP contribution in [0.5, 0.6) is 0 Å². The van der Waals surface area contributed by atoms with Gasteiger partial charge in [-0.05, 0) is 31.9 Å². The molecule has 0 aromatic heterocycles. The van der Waals surface area contributed by atoms with E-state index in [2.05, 4.69) is 0 Å². The molecule has 2 aliphatic heterocycles. The molecule has 3 amide bonds. The minimum atomic E-state index is -1.02. The van der Waals surface area contributed by atoms with Crippen molar-refractivity contribution in [2.75, 3.05) is 6.54 Å². The van der Waals surface area contributed by atoms with Gasteiger partial charge in [-0.1, -0.05) is 12.1 Å². The molecular weight excluding hydrogens is 312 g/mol. The molecule has 0 spiro atoms. The average molecular weight is 330 g/mol. The van der Waals surface area contributed by atoms with Gasteiger partial charge in [-0.3, -0.25) is 19.3 Å². The number of aliphatic carboxylic acids is 1. The summed E-state index contributed by atoms with van der Waals surface area (Å²) in [7, 11) is 0. The second-order valence-electron chi connectivity index (χ2n) is 6.16. The van der Waals surface area contributed by atoms with E-state index in [9.17, 15) is 19.2 Å². The van der Waals surface area contributed by atoms with Gasteiger partial charge in [-0.2, -0.15) is 0 Å². The van der Waals surface area contributed by atoms with Crippen LogP contribution in [-0.4, -0.2) is 57.2 Å². The molecule has 2 atom stereocenters. The van der Waals surface area contributed by atoms with E-state index >= 15 is 0 Å². The molecule has 2 heterocycles. The molecule has 2 aliphatic rings. The van der Waals surface area contributed by atoms with E-state index in [4.69, 9.17) is 5.11 Å². The lowest BCUT2D eigenvalue weighted by molar-refractivity contribution is -0.148. The largest absolute Gasteiger partial charge is 0.480 e. The first-order valence-corrected chi connectivity index (χ1v) is 7.91. The van der Waals surface area contributed by atoms with E-state index in [1.165, 1.54) is 4.90 Å². The Balaban J connectivity index is 1.73. The summed E-state index contributed by atoms with van der Waals surface area (Å²) in [5, 5.41) is 9.17. The fourth-order valence-electron chi connectivity index (χ4n) is 3.39. The normalized spacial score (nSPS) is 21.1.